The molecule has 2 aromatic carbocycles. The molecule has 2 amide bonds. The van der Waals surface area contributed by atoms with E-state index in [9.17, 15) is 9.59 Å². The normalized spacial score (nSPS) is 18.4. The Balaban J connectivity index is 1.63. The van der Waals surface area contributed by atoms with Gasteiger partial charge < -0.3 is 9.64 Å². The highest BCUT2D eigenvalue weighted by molar-refractivity contribution is 6.34. The second kappa shape index (κ2) is 5.71. The zero-order chi connectivity index (χ0) is 20.5. The van der Waals surface area contributed by atoms with E-state index in [-0.39, 0.29) is 23.4 Å². The fourth-order valence-electron chi connectivity index (χ4n) is 4.01. The lowest BCUT2D eigenvalue weighted by atomic mass is 10.1. The molecule has 0 atom stereocenters. The number of nitrogens with zero attached hydrogens (tertiary/aromatic N) is 2. The van der Waals surface area contributed by atoms with Gasteiger partial charge in [0.15, 0.2) is 5.82 Å². The van der Waals surface area contributed by atoms with E-state index in [2.05, 4.69) is 12.5 Å². The molecule has 0 bridgehead atoms. The van der Waals surface area contributed by atoms with Crippen LogP contribution in [0.4, 0.5) is 15.8 Å². The highest BCUT2D eigenvalue weighted by Gasteiger charge is 2.53. The Hall–Kier alpha value is -3.59. The van der Waals surface area contributed by atoms with Crippen molar-refractivity contribution in [2.45, 2.75) is 25.4 Å². The molecule has 0 saturated heterocycles. The molecule has 0 N–H and O–H groups in total. The third-order valence-electron chi connectivity index (χ3n) is 5.71. The number of ether oxygens (including phenoxy) is 1. The van der Waals surface area contributed by atoms with Gasteiger partial charge in [-0.1, -0.05) is 24.1 Å². The molecule has 0 radical (unpaired) electrons. The van der Waals surface area contributed by atoms with Crippen molar-refractivity contribution in [3.05, 3.63) is 65.1 Å². The number of carbonyl (C=O) groups is 2. The zero-order valence-corrected chi connectivity index (χ0v) is 15.8. The van der Waals surface area contributed by atoms with Crippen LogP contribution in [0, 0.1) is 25.1 Å². The Morgan fingerprint density at radius 3 is 2.59 bits per heavy atom. The summed E-state index contributed by atoms with van der Waals surface area (Å²) in [6.45, 7) is 6.17. The number of amides is 2. The summed E-state index contributed by atoms with van der Waals surface area (Å²) in [6, 6.07) is 7.64. The second-order valence-corrected chi connectivity index (χ2v) is 7.60. The molecule has 2 aromatic rings. The largest absolute Gasteiger partial charge is 0.479 e. The minimum atomic E-state index is -0.709. The van der Waals surface area contributed by atoms with Crippen LogP contribution in [0.2, 0.25) is 0 Å². The van der Waals surface area contributed by atoms with Crippen LogP contribution in [0.5, 0.6) is 5.75 Å². The fourth-order valence-corrected chi connectivity index (χ4v) is 4.01. The van der Waals surface area contributed by atoms with E-state index in [4.69, 9.17) is 11.2 Å². The molecule has 144 valence electrons. The van der Waals surface area contributed by atoms with Gasteiger partial charge in [0, 0.05) is 6.07 Å². The summed E-state index contributed by atoms with van der Waals surface area (Å²) in [6.07, 6.45) is 7.10. The molecule has 6 heteroatoms. The van der Waals surface area contributed by atoms with Crippen molar-refractivity contribution >= 4 is 23.2 Å². The summed E-state index contributed by atoms with van der Waals surface area (Å²) < 4.78 is 21.1. The van der Waals surface area contributed by atoms with Crippen molar-refractivity contribution < 1.29 is 18.7 Å². The third kappa shape index (κ3) is 2.34. The summed E-state index contributed by atoms with van der Waals surface area (Å²) >= 11 is 0. The molecule has 29 heavy (non-hydrogen) atoms. The number of carbonyl (C=O) groups excluding carboxylic acids is 2. The molecule has 0 unspecified atom stereocenters. The molecule has 5 nitrogen and oxygen atoms in total. The van der Waals surface area contributed by atoms with E-state index in [1.807, 2.05) is 6.92 Å². The Labute approximate surface area is 167 Å². The molecule has 0 aromatic heterocycles. The third-order valence-corrected chi connectivity index (χ3v) is 5.71. The van der Waals surface area contributed by atoms with Gasteiger partial charge in [0.05, 0.1) is 34.7 Å². The van der Waals surface area contributed by atoms with Crippen LogP contribution < -0.4 is 14.5 Å². The molecular formula is C23H17FN2O3. The summed E-state index contributed by atoms with van der Waals surface area (Å²) in [5.74, 6) is 1.10. The minimum Gasteiger partial charge on any atom is -0.479 e. The molecule has 1 aliphatic carbocycles. The topological polar surface area (TPSA) is 49.9 Å². The van der Waals surface area contributed by atoms with Crippen molar-refractivity contribution in [1.29, 1.82) is 0 Å². The monoisotopic (exact) mass is 388 g/mol. The lowest BCUT2D eigenvalue weighted by Gasteiger charge is -2.38. The number of fused-ring (bicyclic) bond motifs is 2. The quantitative estimate of drug-likeness (QED) is 0.580. The Morgan fingerprint density at radius 1 is 1.17 bits per heavy atom. The van der Waals surface area contributed by atoms with Crippen LogP contribution >= 0.6 is 0 Å². The predicted molar refractivity (Wildman–Crippen MR) is 107 cm³/mol. The first-order valence-electron chi connectivity index (χ1n) is 9.29. The van der Waals surface area contributed by atoms with E-state index in [1.54, 1.807) is 23.1 Å². The van der Waals surface area contributed by atoms with Crippen LogP contribution in [0.3, 0.4) is 0 Å². The Kier molecular flexibility index (Phi) is 3.45. The fraction of sp³-hybridized carbons (Fsp3) is 0.217. The maximum Gasteiger partial charge on any atom is 0.266 e. The van der Waals surface area contributed by atoms with Gasteiger partial charge in [-0.2, -0.15) is 0 Å². The summed E-state index contributed by atoms with van der Waals surface area (Å²) in [5.41, 5.74) is 1.91. The maximum absolute atomic E-state index is 15.1. The van der Waals surface area contributed by atoms with E-state index < -0.39 is 23.2 Å². The van der Waals surface area contributed by atoms with E-state index in [0.717, 1.165) is 23.3 Å². The van der Waals surface area contributed by atoms with E-state index >= 15 is 4.39 Å². The van der Waals surface area contributed by atoms with Crippen molar-refractivity contribution in [1.82, 2.24) is 0 Å². The van der Waals surface area contributed by atoms with Gasteiger partial charge in [-0.25, -0.2) is 9.29 Å². The summed E-state index contributed by atoms with van der Waals surface area (Å²) in [4.78, 5) is 28.4. The first-order chi connectivity index (χ1) is 13.9. The molecule has 5 rings (SSSR count). The van der Waals surface area contributed by atoms with Gasteiger partial charge in [-0.05, 0) is 38.0 Å². The standard InChI is InChI=1S/C23H17FN2O3/c1-4-9-25-14(3)23(7-8-23)29-20-11-17(24)18(12-19(20)25)26-21(27)15-6-5-13(2)10-16(15)22(26)28/h1,5-6,10-12H,3,7-9H2,2H3. The lowest BCUT2D eigenvalue weighted by molar-refractivity contribution is 0.0924. The smallest absolute Gasteiger partial charge is 0.266 e. The maximum atomic E-state index is 15.1. The second-order valence-electron chi connectivity index (χ2n) is 7.60. The average Bonchev–Trinajstić information content (AvgIpc) is 3.42. The van der Waals surface area contributed by atoms with Crippen molar-refractivity contribution in [2.75, 3.05) is 16.3 Å². The van der Waals surface area contributed by atoms with Gasteiger partial charge in [0.2, 0.25) is 0 Å². The Morgan fingerprint density at radius 2 is 1.90 bits per heavy atom. The lowest BCUT2D eigenvalue weighted by Crippen LogP contribution is -2.39. The van der Waals surface area contributed by atoms with Crippen molar-refractivity contribution in [2.24, 2.45) is 0 Å². The van der Waals surface area contributed by atoms with Crippen LogP contribution in [0.15, 0.2) is 42.6 Å². The highest BCUT2D eigenvalue weighted by Crippen LogP contribution is 2.54. The number of aryl methyl sites for hydroxylation is 1. The predicted octanol–water partition coefficient (Wildman–Crippen LogP) is 3.81. The van der Waals surface area contributed by atoms with Crippen molar-refractivity contribution in [3.63, 3.8) is 0 Å². The number of anilines is 2. The number of hydrogen-bond donors (Lipinski definition) is 0. The number of halogens is 1. The number of imide groups is 1. The van der Waals surface area contributed by atoms with Crippen molar-refractivity contribution in [3.8, 4) is 18.1 Å². The van der Waals surface area contributed by atoms with Gasteiger partial charge in [0.25, 0.3) is 11.8 Å². The highest BCUT2D eigenvalue weighted by atomic mass is 19.1. The first-order valence-corrected chi connectivity index (χ1v) is 9.29. The summed E-state index contributed by atoms with van der Waals surface area (Å²) in [5, 5.41) is 0. The molecule has 2 heterocycles. The van der Waals surface area contributed by atoms with E-state index in [0.29, 0.717) is 17.1 Å². The zero-order valence-electron chi connectivity index (χ0n) is 15.8. The van der Waals surface area contributed by atoms with Gasteiger partial charge >= 0.3 is 0 Å². The number of benzene rings is 2. The number of rotatable bonds is 2. The molecular weight excluding hydrogens is 371 g/mol. The van der Waals surface area contributed by atoms with E-state index in [1.165, 1.54) is 12.1 Å². The molecule has 1 fully saturated rings. The van der Waals surface area contributed by atoms with Crippen LogP contribution in [-0.4, -0.2) is 24.0 Å². The molecule has 1 spiro atoms. The number of terminal acetylenes is 1. The molecule has 1 saturated carbocycles. The van der Waals surface area contributed by atoms with Gasteiger partial charge in [-0.3, -0.25) is 9.59 Å². The minimum absolute atomic E-state index is 0.127. The van der Waals surface area contributed by atoms with Crippen LogP contribution in [0.25, 0.3) is 0 Å². The average molecular weight is 388 g/mol. The van der Waals surface area contributed by atoms with Gasteiger partial charge in [-0.15, -0.1) is 6.42 Å². The van der Waals surface area contributed by atoms with Crippen LogP contribution in [-0.2, 0) is 0 Å². The first kappa shape index (κ1) is 17.5. The van der Waals surface area contributed by atoms with Gasteiger partial charge in [0.1, 0.15) is 11.4 Å². The number of hydrogen-bond acceptors (Lipinski definition) is 4. The molecule has 2 aliphatic heterocycles. The summed E-state index contributed by atoms with van der Waals surface area (Å²) in [7, 11) is 0. The SMILES string of the molecule is C#CCN1C(=C)C2(CC2)Oc2cc(F)c(N3C(=O)c4ccc(C)cc4C3=O)cc21. The Bertz CT molecular complexity index is 1170. The molecule has 3 aliphatic rings. The van der Waals surface area contributed by atoms with Crippen LogP contribution in [0.1, 0.15) is 39.1 Å².